The van der Waals surface area contributed by atoms with Crippen molar-refractivity contribution < 1.29 is 9.18 Å². The van der Waals surface area contributed by atoms with E-state index in [0.717, 1.165) is 48.2 Å². The van der Waals surface area contributed by atoms with Gasteiger partial charge in [-0.15, -0.1) is 12.4 Å². The Hall–Kier alpha value is -2.43. The van der Waals surface area contributed by atoms with Crippen LogP contribution in [0.4, 0.5) is 4.39 Å². The monoisotopic (exact) mass is 430 g/mol. The van der Waals surface area contributed by atoms with Crippen molar-refractivity contribution in [2.24, 2.45) is 5.73 Å². The molecule has 29 heavy (non-hydrogen) atoms. The number of hydrogen-bond acceptors (Lipinski definition) is 2. The molecule has 0 spiro atoms. The van der Waals surface area contributed by atoms with Crippen molar-refractivity contribution in [3.63, 3.8) is 0 Å². The Balaban J connectivity index is 0.00000240. The number of primary amides is 1. The summed E-state index contributed by atoms with van der Waals surface area (Å²) < 4.78 is 13.8. The van der Waals surface area contributed by atoms with E-state index < -0.39 is 0 Å². The minimum atomic E-state index is -0.364. The van der Waals surface area contributed by atoms with Gasteiger partial charge in [-0.05, 0) is 72.2 Å². The number of nitrogens with zero attached hydrogens (tertiary/aromatic N) is 1. The van der Waals surface area contributed by atoms with E-state index in [0.29, 0.717) is 10.6 Å². The summed E-state index contributed by atoms with van der Waals surface area (Å²) in [5.74, 6) is -0.700. The molecule has 4 rings (SSSR count). The summed E-state index contributed by atoms with van der Waals surface area (Å²) in [5.41, 5.74) is 12.4. The van der Waals surface area contributed by atoms with Crippen LogP contribution in [0.15, 0.2) is 48.5 Å². The summed E-state index contributed by atoms with van der Waals surface area (Å²) in [6, 6.07) is 14.5. The predicted molar refractivity (Wildman–Crippen MR) is 116 cm³/mol. The SMILES string of the molecule is Cl.NC(=O)Cc1ccc(Cc2cc(-c3cc(F)cc(Cl)c3)nc3c2CCC3)cc1. The summed E-state index contributed by atoms with van der Waals surface area (Å²) in [6.45, 7) is 0. The van der Waals surface area contributed by atoms with Gasteiger partial charge in [0.1, 0.15) is 5.82 Å². The zero-order valence-electron chi connectivity index (χ0n) is 15.8. The van der Waals surface area contributed by atoms with E-state index in [1.165, 1.54) is 23.3 Å². The molecule has 0 fully saturated rings. The Labute approximate surface area is 180 Å². The van der Waals surface area contributed by atoms with Gasteiger partial charge >= 0.3 is 0 Å². The summed E-state index contributed by atoms with van der Waals surface area (Å²) in [7, 11) is 0. The van der Waals surface area contributed by atoms with Crippen LogP contribution in [-0.2, 0) is 30.5 Å². The highest BCUT2D eigenvalue weighted by atomic mass is 35.5. The Morgan fingerprint density at radius 3 is 2.48 bits per heavy atom. The van der Waals surface area contributed by atoms with Crippen LogP contribution in [-0.4, -0.2) is 10.9 Å². The van der Waals surface area contributed by atoms with E-state index in [4.69, 9.17) is 22.3 Å². The first kappa shape index (κ1) is 21.3. The second-order valence-electron chi connectivity index (χ2n) is 7.24. The molecule has 0 unspecified atom stereocenters. The third-order valence-electron chi connectivity index (χ3n) is 5.10. The molecule has 1 amide bonds. The lowest BCUT2D eigenvalue weighted by Gasteiger charge is -2.12. The van der Waals surface area contributed by atoms with Crippen LogP contribution in [0.2, 0.25) is 5.02 Å². The van der Waals surface area contributed by atoms with Crippen LogP contribution >= 0.6 is 24.0 Å². The number of fused-ring (bicyclic) bond motifs is 1. The number of aryl methyl sites for hydroxylation is 1. The molecule has 6 heteroatoms. The number of carbonyl (C=O) groups is 1. The van der Waals surface area contributed by atoms with E-state index in [1.54, 1.807) is 6.07 Å². The summed E-state index contributed by atoms with van der Waals surface area (Å²) in [6.07, 6.45) is 4.05. The van der Waals surface area contributed by atoms with Gasteiger partial charge in [-0.3, -0.25) is 9.78 Å². The molecule has 2 aromatic carbocycles. The van der Waals surface area contributed by atoms with E-state index >= 15 is 0 Å². The molecular formula is C23H21Cl2FN2O. The molecule has 0 bridgehead atoms. The van der Waals surface area contributed by atoms with E-state index in [-0.39, 0.29) is 30.6 Å². The zero-order chi connectivity index (χ0) is 19.7. The fraction of sp³-hybridized carbons (Fsp3) is 0.217. The Morgan fingerprint density at radius 2 is 1.79 bits per heavy atom. The zero-order valence-corrected chi connectivity index (χ0v) is 17.3. The number of rotatable bonds is 5. The van der Waals surface area contributed by atoms with Crippen molar-refractivity contribution in [2.75, 3.05) is 0 Å². The fourth-order valence-electron chi connectivity index (χ4n) is 3.83. The molecule has 0 radical (unpaired) electrons. The number of pyridine rings is 1. The molecule has 1 aliphatic rings. The van der Waals surface area contributed by atoms with Crippen LogP contribution in [0.3, 0.4) is 0 Å². The van der Waals surface area contributed by atoms with Crippen LogP contribution in [0, 0.1) is 5.82 Å². The highest BCUT2D eigenvalue weighted by Gasteiger charge is 2.19. The number of benzene rings is 2. The van der Waals surface area contributed by atoms with E-state index in [1.807, 2.05) is 30.3 Å². The van der Waals surface area contributed by atoms with Gasteiger partial charge in [0.05, 0.1) is 12.1 Å². The lowest BCUT2D eigenvalue weighted by molar-refractivity contribution is -0.117. The number of nitrogens with two attached hydrogens (primary N) is 1. The van der Waals surface area contributed by atoms with Crippen molar-refractivity contribution in [3.05, 3.63) is 87.3 Å². The fourth-order valence-corrected chi connectivity index (χ4v) is 4.05. The highest BCUT2D eigenvalue weighted by Crippen LogP contribution is 2.31. The molecular weight excluding hydrogens is 410 g/mol. The number of halogens is 3. The molecule has 1 aromatic heterocycles. The Bertz CT molecular complexity index is 1030. The number of amides is 1. The maximum Gasteiger partial charge on any atom is 0.221 e. The first-order chi connectivity index (χ1) is 13.5. The van der Waals surface area contributed by atoms with Gasteiger partial charge in [0.2, 0.25) is 5.91 Å². The lowest BCUT2D eigenvalue weighted by atomic mass is 9.96. The van der Waals surface area contributed by atoms with Gasteiger partial charge < -0.3 is 5.73 Å². The van der Waals surface area contributed by atoms with Crippen molar-refractivity contribution in [1.82, 2.24) is 4.98 Å². The standard InChI is InChI=1S/C23H20ClFN2O.ClH/c24-18-10-17(11-19(25)13-18)22-12-16(20-2-1-3-21(20)27-22)8-14-4-6-15(7-5-14)9-23(26)28;/h4-7,10-13H,1-3,8-9H2,(H2,26,28);1H. The van der Waals surface area contributed by atoms with Crippen LogP contribution < -0.4 is 5.73 Å². The molecule has 0 aliphatic heterocycles. The number of hydrogen-bond donors (Lipinski definition) is 1. The maximum atomic E-state index is 13.8. The Kier molecular flexibility index (Phi) is 6.56. The van der Waals surface area contributed by atoms with Gasteiger partial charge in [-0.25, -0.2) is 4.39 Å². The molecule has 1 aliphatic carbocycles. The molecule has 0 saturated carbocycles. The minimum absolute atomic E-state index is 0. The topological polar surface area (TPSA) is 56.0 Å². The van der Waals surface area contributed by atoms with E-state index in [9.17, 15) is 9.18 Å². The van der Waals surface area contributed by atoms with Gasteiger partial charge in [0.25, 0.3) is 0 Å². The first-order valence-electron chi connectivity index (χ1n) is 9.32. The van der Waals surface area contributed by atoms with Crippen molar-refractivity contribution in [2.45, 2.75) is 32.1 Å². The van der Waals surface area contributed by atoms with Crippen molar-refractivity contribution in [1.29, 1.82) is 0 Å². The molecule has 2 N–H and O–H groups in total. The first-order valence-corrected chi connectivity index (χ1v) is 9.70. The molecule has 3 aromatic rings. The molecule has 1 heterocycles. The normalized spacial score (nSPS) is 12.3. The van der Waals surface area contributed by atoms with Crippen molar-refractivity contribution >= 4 is 29.9 Å². The largest absolute Gasteiger partial charge is 0.369 e. The van der Waals surface area contributed by atoms with Crippen molar-refractivity contribution in [3.8, 4) is 11.3 Å². The average molecular weight is 431 g/mol. The van der Waals surface area contributed by atoms with Gasteiger partial charge in [0, 0.05) is 16.3 Å². The van der Waals surface area contributed by atoms with Gasteiger partial charge in [-0.1, -0.05) is 35.9 Å². The summed E-state index contributed by atoms with van der Waals surface area (Å²) in [4.78, 5) is 15.8. The minimum Gasteiger partial charge on any atom is -0.369 e. The van der Waals surface area contributed by atoms with Crippen LogP contribution in [0.5, 0.6) is 0 Å². The molecule has 0 saturated heterocycles. The highest BCUT2D eigenvalue weighted by molar-refractivity contribution is 6.30. The second-order valence-corrected chi connectivity index (χ2v) is 7.68. The third-order valence-corrected chi connectivity index (χ3v) is 5.32. The average Bonchev–Trinajstić information content (AvgIpc) is 3.11. The van der Waals surface area contributed by atoms with Crippen LogP contribution in [0.25, 0.3) is 11.3 Å². The summed E-state index contributed by atoms with van der Waals surface area (Å²) >= 11 is 6.04. The molecule has 150 valence electrons. The maximum absolute atomic E-state index is 13.8. The third kappa shape index (κ3) is 4.95. The Morgan fingerprint density at radius 1 is 1.07 bits per heavy atom. The molecule has 3 nitrogen and oxygen atoms in total. The predicted octanol–water partition coefficient (Wildman–Crippen LogP) is 5.07. The quantitative estimate of drug-likeness (QED) is 0.613. The van der Waals surface area contributed by atoms with Gasteiger partial charge in [0.15, 0.2) is 0 Å². The number of carbonyl (C=O) groups excluding carboxylic acids is 1. The van der Waals surface area contributed by atoms with E-state index in [2.05, 4.69) is 0 Å². The smallest absolute Gasteiger partial charge is 0.221 e. The lowest BCUT2D eigenvalue weighted by Crippen LogP contribution is -2.13. The van der Waals surface area contributed by atoms with Gasteiger partial charge in [-0.2, -0.15) is 0 Å². The molecule has 0 atom stereocenters. The van der Waals surface area contributed by atoms with Crippen LogP contribution in [0.1, 0.15) is 34.4 Å². The second kappa shape index (κ2) is 8.93. The number of aromatic nitrogens is 1. The summed E-state index contributed by atoms with van der Waals surface area (Å²) in [5, 5.41) is 0.365.